The molecule has 0 bridgehead atoms. The maximum Gasteiger partial charge on any atom is 0.272 e. The molecule has 3 nitrogen and oxygen atoms in total. The number of carbonyl (C=O) groups is 2. The molecule has 0 aliphatic carbocycles. The molecule has 0 fully saturated rings. The van der Waals surface area contributed by atoms with Crippen molar-refractivity contribution in [3.63, 3.8) is 0 Å². The summed E-state index contributed by atoms with van der Waals surface area (Å²) < 4.78 is 27.0. The van der Waals surface area contributed by atoms with E-state index in [1.165, 1.54) is 17.8 Å². The summed E-state index contributed by atoms with van der Waals surface area (Å²) in [5, 5.41) is 0.0717. The summed E-state index contributed by atoms with van der Waals surface area (Å²) >= 11 is 1.30. The Balaban J connectivity index is 2.15. The van der Waals surface area contributed by atoms with Gasteiger partial charge >= 0.3 is 0 Å². The van der Waals surface area contributed by atoms with Crippen LogP contribution in [0.3, 0.4) is 0 Å². The second kappa shape index (κ2) is 7.27. The topological polar surface area (TPSA) is 37.4 Å². The lowest BCUT2D eigenvalue weighted by molar-refractivity contribution is -0.119. The lowest BCUT2D eigenvalue weighted by Gasteiger charge is -2.16. The number of imide groups is 1. The lowest BCUT2D eigenvalue weighted by atomic mass is 9.99. The summed E-state index contributed by atoms with van der Waals surface area (Å²) in [7, 11) is 0. The van der Waals surface area contributed by atoms with Gasteiger partial charge < -0.3 is 0 Å². The predicted octanol–water partition coefficient (Wildman–Crippen LogP) is 5.01. The van der Waals surface area contributed by atoms with Gasteiger partial charge in [0.15, 0.2) is 11.6 Å². The maximum absolute atomic E-state index is 13.7. The molecular weight excluding hydrogens is 368 g/mol. The van der Waals surface area contributed by atoms with E-state index in [1.54, 1.807) is 0 Å². The van der Waals surface area contributed by atoms with Crippen molar-refractivity contribution >= 4 is 34.8 Å². The molecule has 140 valence electrons. The molecule has 0 atom stereocenters. The van der Waals surface area contributed by atoms with Gasteiger partial charge in [-0.05, 0) is 37.1 Å². The summed E-state index contributed by atoms with van der Waals surface area (Å²) in [6, 6.07) is 8.66. The Morgan fingerprint density at radius 3 is 2.22 bits per heavy atom. The molecule has 1 aliphatic rings. The first-order valence-electron chi connectivity index (χ1n) is 8.53. The second-order valence-electron chi connectivity index (χ2n) is 6.73. The first kappa shape index (κ1) is 19.3. The molecule has 6 heteroatoms. The number of aryl methyl sites for hydroxylation is 2. The van der Waals surface area contributed by atoms with Crippen molar-refractivity contribution in [1.29, 1.82) is 0 Å². The Kier molecular flexibility index (Phi) is 5.20. The van der Waals surface area contributed by atoms with Crippen LogP contribution >= 0.6 is 11.8 Å². The molecule has 3 rings (SSSR count). The SMILES string of the molecule is Cc1ccc(C2=C(SC(C)C)C(=O)N(c3ccc(F)c(F)c3)C2=O)c(C)c1. The van der Waals surface area contributed by atoms with E-state index in [0.717, 1.165) is 28.2 Å². The molecule has 0 N–H and O–H groups in total. The average molecular weight is 387 g/mol. The third-order valence-electron chi connectivity index (χ3n) is 4.21. The van der Waals surface area contributed by atoms with Crippen molar-refractivity contribution < 1.29 is 18.4 Å². The van der Waals surface area contributed by atoms with E-state index in [9.17, 15) is 18.4 Å². The number of hydrogen-bond acceptors (Lipinski definition) is 3. The van der Waals surface area contributed by atoms with E-state index < -0.39 is 23.4 Å². The number of carbonyl (C=O) groups excluding carboxylic acids is 2. The van der Waals surface area contributed by atoms with Crippen molar-refractivity contribution in [2.24, 2.45) is 0 Å². The Bertz CT molecular complexity index is 982. The zero-order chi connectivity index (χ0) is 19.9. The smallest absolute Gasteiger partial charge is 0.268 e. The van der Waals surface area contributed by atoms with E-state index in [4.69, 9.17) is 0 Å². The van der Waals surface area contributed by atoms with Gasteiger partial charge in [0.1, 0.15) is 0 Å². The summed E-state index contributed by atoms with van der Waals surface area (Å²) in [5.41, 5.74) is 2.92. The lowest BCUT2D eigenvalue weighted by Crippen LogP contribution is -2.31. The van der Waals surface area contributed by atoms with Crippen LogP contribution < -0.4 is 4.90 Å². The molecule has 0 radical (unpaired) electrons. The van der Waals surface area contributed by atoms with E-state index in [2.05, 4.69) is 0 Å². The normalized spacial score (nSPS) is 14.7. The van der Waals surface area contributed by atoms with Gasteiger partial charge in [-0.2, -0.15) is 0 Å². The van der Waals surface area contributed by atoms with Crippen LogP contribution in [0.5, 0.6) is 0 Å². The number of amides is 2. The van der Waals surface area contributed by atoms with Crippen LogP contribution in [0.15, 0.2) is 41.3 Å². The van der Waals surface area contributed by atoms with Gasteiger partial charge in [0, 0.05) is 11.3 Å². The number of hydrogen-bond donors (Lipinski definition) is 0. The maximum atomic E-state index is 13.7. The molecule has 0 saturated heterocycles. The van der Waals surface area contributed by atoms with Crippen LogP contribution in [-0.2, 0) is 9.59 Å². The number of anilines is 1. The van der Waals surface area contributed by atoms with Crippen LogP contribution in [-0.4, -0.2) is 17.1 Å². The molecule has 2 aromatic rings. The monoisotopic (exact) mass is 387 g/mol. The fourth-order valence-corrected chi connectivity index (χ4v) is 4.02. The minimum Gasteiger partial charge on any atom is -0.268 e. The number of benzene rings is 2. The van der Waals surface area contributed by atoms with E-state index in [0.29, 0.717) is 16.0 Å². The third kappa shape index (κ3) is 3.54. The Hall–Kier alpha value is -2.47. The highest BCUT2D eigenvalue weighted by Gasteiger charge is 2.41. The van der Waals surface area contributed by atoms with Crippen molar-refractivity contribution in [3.8, 4) is 0 Å². The molecule has 0 spiro atoms. The van der Waals surface area contributed by atoms with E-state index >= 15 is 0 Å². The number of thioether (sulfide) groups is 1. The standard InChI is InChI=1S/C21H19F2NO2S/c1-11(2)27-19-18(15-7-5-12(3)9-13(15)4)20(25)24(21(19)26)14-6-8-16(22)17(23)10-14/h5-11H,1-4H3. The molecule has 2 aromatic carbocycles. The molecule has 2 amide bonds. The van der Waals surface area contributed by atoms with Crippen molar-refractivity contribution in [1.82, 2.24) is 0 Å². The van der Waals surface area contributed by atoms with Gasteiger partial charge in [-0.15, -0.1) is 11.8 Å². The first-order chi connectivity index (χ1) is 12.7. The fourth-order valence-electron chi connectivity index (χ4n) is 3.04. The molecule has 27 heavy (non-hydrogen) atoms. The molecule has 1 heterocycles. The summed E-state index contributed by atoms with van der Waals surface area (Å²) in [4.78, 5) is 27.4. The van der Waals surface area contributed by atoms with Gasteiger partial charge in [-0.1, -0.05) is 37.6 Å². The van der Waals surface area contributed by atoms with Crippen LogP contribution in [0.2, 0.25) is 0 Å². The number of nitrogens with zero attached hydrogens (tertiary/aromatic N) is 1. The second-order valence-corrected chi connectivity index (χ2v) is 8.32. The molecular formula is C21H19F2NO2S. The Morgan fingerprint density at radius 2 is 1.63 bits per heavy atom. The highest BCUT2D eigenvalue weighted by Crippen LogP contribution is 2.41. The van der Waals surface area contributed by atoms with Crippen molar-refractivity contribution in [3.05, 3.63) is 69.6 Å². The minimum atomic E-state index is -1.11. The zero-order valence-electron chi connectivity index (χ0n) is 15.5. The van der Waals surface area contributed by atoms with E-state index in [-0.39, 0.29) is 10.9 Å². The predicted molar refractivity (Wildman–Crippen MR) is 104 cm³/mol. The van der Waals surface area contributed by atoms with Gasteiger partial charge in [0.05, 0.1) is 16.2 Å². The molecule has 1 aliphatic heterocycles. The zero-order valence-corrected chi connectivity index (χ0v) is 16.3. The number of rotatable bonds is 4. The summed E-state index contributed by atoms with van der Waals surface area (Å²) in [6.07, 6.45) is 0. The summed E-state index contributed by atoms with van der Waals surface area (Å²) in [5.74, 6) is -3.18. The first-order valence-corrected chi connectivity index (χ1v) is 9.41. The van der Waals surface area contributed by atoms with Crippen LogP contribution in [0.25, 0.3) is 5.57 Å². The highest BCUT2D eigenvalue weighted by atomic mass is 32.2. The van der Waals surface area contributed by atoms with Gasteiger partial charge in [0.25, 0.3) is 11.8 Å². The van der Waals surface area contributed by atoms with Crippen molar-refractivity contribution in [2.75, 3.05) is 4.90 Å². The van der Waals surface area contributed by atoms with Gasteiger partial charge in [-0.3, -0.25) is 9.59 Å². The van der Waals surface area contributed by atoms with Gasteiger partial charge in [-0.25, -0.2) is 13.7 Å². The fraction of sp³-hybridized carbons (Fsp3) is 0.238. The minimum absolute atomic E-state index is 0.0190. The molecule has 0 unspecified atom stereocenters. The molecule has 0 aromatic heterocycles. The Morgan fingerprint density at radius 1 is 0.926 bits per heavy atom. The van der Waals surface area contributed by atoms with Crippen LogP contribution in [0.4, 0.5) is 14.5 Å². The highest BCUT2D eigenvalue weighted by molar-refractivity contribution is 8.04. The number of halogens is 2. The largest absolute Gasteiger partial charge is 0.272 e. The van der Waals surface area contributed by atoms with Crippen LogP contribution in [0, 0.1) is 25.5 Å². The Labute approximate surface area is 161 Å². The average Bonchev–Trinajstić information content (AvgIpc) is 2.81. The third-order valence-corrected chi connectivity index (χ3v) is 5.29. The van der Waals surface area contributed by atoms with E-state index in [1.807, 2.05) is 45.9 Å². The van der Waals surface area contributed by atoms with Crippen LogP contribution in [0.1, 0.15) is 30.5 Å². The van der Waals surface area contributed by atoms with Gasteiger partial charge in [0.2, 0.25) is 0 Å². The summed E-state index contributed by atoms with van der Waals surface area (Å²) in [6.45, 7) is 7.68. The quantitative estimate of drug-likeness (QED) is 0.692. The van der Waals surface area contributed by atoms with Crippen molar-refractivity contribution in [2.45, 2.75) is 32.9 Å². The molecule has 0 saturated carbocycles.